The Morgan fingerprint density at radius 3 is 2.69 bits per heavy atom. The summed E-state index contributed by atoms with van der Waals surface area (Å²) in [6.45, 7) is 11.1. The molecule has 1 aromatic rings. The minimum absolute atomic E-state index is 0.191. The maximum absolute atomic E-state index is 10.8. The summed E-state index contributed by atoms with van der Waals surface area (Å²) < 4.78 is 0. The van der Waals surface area contributed by atoms with Gasteiger partial charge in [-0.2, -0.15) is 0 Å². The zero-order valence-corrected chi connectivity index (χ0v) is 16.6. The molecule has 2 atom stereocenters. The molecule has 0 heterocycles. The summed E-state index contributed by atoms with van der Waals surface area (Å²) in [5.41, 5.74) is 5.18. The highest BCUT2D eigenvalue weighted by Gasteiger charge is 2.53. The van der Waals surface area contributed by atoms with Crippen molar-refractivity contribution in [1.29, 1.82) is 0 Å². The van der Waals surface area contributed by atoms with E-state index in [1.807, 2.05) is 0 Å². The summed E-state index contributed by atoms with van der Waals surface area (Å²) in [5, 5.41) is 13.2. The Kier molecular flexibility index (Phi) is 4.89. The van der Waals surface area contributed by atoms with Crippen LogP contribution in [0.5, 0.6) is 0 Å². The van der Waals surface area contributed by atoms with Crippen LogP contribution in [0.1, 0.15) is 76.5 Å². The lowest BCUT2D eigenvalue weighted by atomic mass is 9.49. The van der Waals surface area contributed by atoms with Crippen molar-refractivity contribution in [2.45, 2.75) is 71.6 Å². The van der Waals surface area contributed by atoms with Crippen LogP contribution in [0.2, 0.25) is 0 Å². The molecule has 1 aromatic carbocycles. The van der Waals surface area contributed by atoms with Gasteiger partial charge in [-0.1, -0.05) is 51.0 Å². The van der Waals surface area contributed by atoms with Crippen LogP contribution in [0.15, 0.2) is 23.4 Å². The van der Waals surface area contributed by atoms with E-state index < -0.39 is 5.97 Å². The first-order valence-corrected chi connectivity index (χ1v) is 9.70. The highest BCUT2D eigenvalue weighted by atomic mass is 16.6. The summed E-state index contributed by atoms with van der Waals surface area (Å²) >= 11 is 0. The highest BCUT2D eigenvalue weighted by molar-refractivity contribution is 5.96. The summed E-state index contributed by atoms with van der Waals surface area (Å²) in [6, 6.07) is 6.89. The molecule has 0 bridgehead atoms. The van der Waals surface area contributed by atoms with Gasteiger partial charge in [-0.3, -0.25) is 0 Å². The topological polar surface area (TPSA) is 58.9 Å². The lowest BCUT2D eigenvalue weighted by Crippen LogP contribution is -2.53. The number of hydrogen-bond acceptors (Lipinski definition) is 3. The van der Waals surface area contributed by atoms with E-state index in [1.165, 1.54) is 16.7 Å². The van der Waals surface area contributed by atoms with Gasteiger partial charge in [-0.05, 0) is 66.5 Å². The lowest BCUT2D eigenvalue weighted by molar-refractivity contribution is -0.142. The van der Waals surface area contributed by atoms with Crippen LogP contribution in [-0.4, -0.2) is 23.4 Å². The zero-order chi connectivity index (χ0) is 19.1. The minimum Gasteiger partial charge on any atom is -0.479 e. The van der Waals surface area contributed by atoms with Gasteiger partial charge in [-0.15, -0.1) is 0 Å². The average molecular weight is 357 g/mol. The van der Waals surface area contributed by atoms with E-state index in [9.17, 15) is 4.79 Å². The molecule has 2 aliphatic carbocycles. The van der Waals surface area contributed by atoms with Gasteiger partial charge in [0, 0.05) is 5.41 Å². The van der Waals surface area contributed by atoms with Crippen LogP contribution in [0, 0.1) is 11.3 Å². The fraction of sp³-hybridized carbons (Fsp3) is 0.636. The summed E-state index contributed by atoms with van der Waals surface area (Å²) in [4.78, 5) is 16.0. The fourth-order valence-corrected chi connectivity index (χ4v) is 5.17. The van der Waals surface area contributed by atoms with Gasteiger partial charge in [0.15, 0.2) is 0 Å². The molecule has 1 unspecified atom stereocenters. The van der Waals surface area contributed by atoms with Gasteiger partial charge in [0.1, 0.15) is 0 Å². The number of carboxylic acid groups (broad SMARTS) is 1. The standard InChI is InChI=1S/C22H31NO3/c1-14(2)15-6-8-17-16(12-15)7-9-18-21(3,4)11-10-19(22(17,18)5)23-26-13-20(24)25/h6,8,12,14,18H,7,9-11,13H2,1-5H3,(H,24,25)/t18?,22-/m1/s1. The highest BCUT2D eigenvalue weighted by Crippen LogP contribution is 2.56. The van der Waals surface area contributed by atoms with Crippen molar-refractivity contribution < 1.29 is 14.7 Å². The molecule has 0 amide bonds. The van der Waals surface area contributed by atoms with Crippen LogP contribution in [0.3, 0.4) is 0 Å². The maximum atomic E-state index is 10.8. The second kappa shape index (κ2) is 6.71. The summed E-state index contributed by atoms with van der Waals surface area (Å²) in [6.07, 6.45) is 4.14. The van der Waals surface area contributed by atoms with Crippen molar-refractivity contribution in [3.05, 3.63) is 34.9 Å². The molecule has 0 spiro atoms. The minimum atomic E-state index is -0.988. The molecule has 0 aromatic heterocycles. The van der Waals surface area contributed by atoms with Gasteiger partial charge in [0.2, 0.25) is 6.61 Å². The van der Waals surface area contributed by atoms with E-state index in [4.69, 9.17) is 9.94 Å². The van der Waals surface area contributed by atoms with Crippen molar-refractivity contribution >= 4 is 11.7 Å². The number of oxime groups is 1. The lowest BCUT2D eigenvalue weighted by Gasteiger charge is -2.54. The molecule has 0 saturated heterocycles. The van der Waals surface area contributed by atoms with E-state index in [1.54, 1.807) is 0 Å². The fourth-order valence-electron chi connectivity index (χ4n) is 5.17. The number of benzene rings is 1. The largest absolute Gasteiger partial charge is 0.479 e. The molecular formula is C22H31NO3. The Hall–Kier alpha value is -1.84. The monoisotopic (exact) mass is 357 g/mol. The molecule has 1 saturated carbocycles. The maximum Gasteiger partial charge on any atom is 0.344 e. The SMILES string of the molecule is CC(C)c1ccc2c(c1)CCC1C(C)(C)CCC(=NOCC(=O)O)[C@]21C. The number of aliphatic carboxylic acids is 1. The van der Waals surface area contributed by atoms with E-state index in [2.05, 4.69) is 58.0 Å². The first-order chi connectivity index (χ1) is 12.2. The molecule has 1 N–H and O–H groups in total. The van der Waals surface area contributed by atoms with E-state index >= 15 is 0 Å². The quantitative estimate of drug-likeness (QED) is 0.779. The Bertz CT molecular complexity index is 735. The third kappa shape index (κ3) is 3.15. The smallest absolute Gasteiger partial charge is 0.344 e. The number of rotatable bonds is 4. The molecule has 0 aliphatic heterocycles. The summed E-state index contributed by atoms with van der Waals surface area (Å²) in [5.74, 6) is 0.00630. The molecule has 4 heteroatoms. The van der Waals surface area contributed by atoms with Gasteiger partial charge in [-0.25, -0.2) is 4.79 Å². The molecule has 2 aliphatic rings. The predicted molar refractivity (Wildman–Crippen MR) is 104 cm³/mol. The molecular weight excluding hydrogens is 326 g/mol. The van der Waals surface area contributed by atoms with Crippen molar-refractivity contribution in [2.75, 3.05) is 6.61 Å². The van der Waals surface area contributed by atoms with Crippen molar-refractivity contribution in [3.63, 3.8) is 0 Å². The Labute approximate surface area is 156 Å². The number of aryl methyl sites for hydroxylation is 1. The Morgan fingerprint density at radius 1 is 1.31 bits per heavy atom. The number of hydrogen-bond donors (Lipinski definition) is 1. The molecule has 26 heavy (non-hydrogen) atoms. The average Bonchev–Trinajstić information content (AvgIpc) is 2.56. The Balaban J connectivity index is 2.07. The molecule has 3 rings (SSSR count). The number of fused-ring (bicyclic) bond motifs is 3. The molecule has 142 valence electrons. The van der Waals surface area contributed by atoms with E-state index in [-0.39, 0.29) is 17.4 Å². The molecule has 4 nitrogen and oxygen atoms in total. The van der Waals surface area contributed by atoms with E-state index in [0.29, 0.717) is 11.8 Å². The van der Waals surface area contributed by atoms with Crippen LogP contribution in [0.25, 0.3) is 0 Å². The van der Waals surface area contributed by atoms with Crippen LogP contribution in [0.4, 0.5) is 0 Å². The first-order valence-electron chi connectivity index (χ1n) is 9.70. The van der Waals surface area contributed by atoms with Gasteiger partial charge >= 0.3 is 5.97 Å². The van der Waals surface area contributed by atoms with Crippen molar-refractivity contribution in [3.8, 4) is 0 Å². The second-order valence-corrected chi connectivity index (χ2v) is 9.06. The van der Waals surface area contributed by atoms with Gasteiger partial charge < -0.3 is 9.94 Å². The van der Waals surface area contributed by atoms with Gasteiger partial charge in [0.25, 0.3) is 0 Å². The van der Waals surface area contributed by atoms with Crippen LogP contribution < -0.4 is 0 Å². The first kappa shape index (κ1) is 18.9. The van der Waals surface area contributed by atoms with Crippen molar-refractivity contribution in [1.82, 2.24) is 0 Å². The van der Waals surface area contributed by atoms with Crippen LogP contribution >= 0.6 is 0 Å². The second-order valence-electron chi connectivity index (χ2n) is 9.06. The van der Waals surface area contributed by atoms with E-state index in [0.717, 1.165) is 31.4 Å². The number of carbonyl (C=O) groups is 1. The Morgan fingerprint density at radius 2 is 2.04 bits per heavy atom. The zero-order valence-electron chi connectivity index (χ0n) is 16.6. The predicted octanol–water partition coefficient (Wildman–Crippen LogP) is 4.91. The summed E-state index contributed by atoms with van der Waals surface area (Å²) in [7, 11) is 0. The number of nitrogens with zero attached hydrogens (tertiary/aromatic N) is 1. The third-order valence-corrected chi connectivity index (χ3v) is 6.67. The molecule has 1 fully saturated rings. The van der Waals surface area contributed by atoms with Crippen molar-refractivity contribution in [2.24, 2.45) is 16.5 Å². The number of carboxylic acids is 1. The van der Waals surface area contributed by atoms with Gasteiger partial charge in [0.05, 0.1) is 5.71 Å². The third-order valence-electron chi connectivity index (χ3n) is 6.67. The molecule has 0 radical (unpaired) electrons. The van der Waals surface area contributed by atoms with Crippen LogP contribution in [-0.2, 0) is 21.5 Å². The normalized spacial score (nSPS) is 28.5.